The first-order chi connectivity index (χ1) is 12.1. The molecule has 0 fully saturated rings. The average Bonchev–Trinajstić information content (AvgIpc) is 3.03. The van der Waals surface area contributed by atoms with E-state index in [9.17, 15) is 4.79 Å². The van der Waals surface area contributed by atoms with Crippen LogP contribution in [-0.2, 0) is 13.0 Å². The summed E-state index contributed by atoms with van der Waals surface area (Å²) in [4.78, 5) is 17.8. The van der Waals surface area contributed by atoms with Gasteiger partial charge < -0.3 is 14.6 Å². The van der Waals surface area contributed by atoms with Gasteiger partial charge in [0.1, 0.15) is 0 Å². The summed E-state index contributed by atoms with van der Waals surface area (Å²) >= 11 is 12.4. The summed E-state index contributed by atoms with van der Waals surface area (Å²) in [5.41, 5.74) is 3.27. The van der Waals surface area contributed by atoms with E-state index in [1.54, 1.807) is 23.1 Å². The number of nitrogens with zero attached hydrogens (tertiary/aromatic N) is 3. The molecule has 1 aromatic carbocycles. The van der Waals surface area contributed by atoms with Crippen LogP contribution < -0.4 is 4.74 Å². The molecule has 1 aliphatic rings. The fourth-order valence-electron chi connectivity index (χ4n) is 3.10. The van der Waals surface area contributed by atoms with Gasteiger partial charge >= 0.3 is 0 Å². The van der Waals surface area contributed by atoms with Crippen molar-refractivity contribution in [2.45, 2.75) is 13.0 Å². The van der Waals surface area contributed by atoms with Crippen molar-refractivity contribution >= 4 is 40.0 Å². The molecule has 0 bridgehead atoms. The van der Waals surface area contributed by atoms with Crippen molar-refractivity contribution in [2.24, 2.45) is 0 Å². The highest BCUT2D eigenvalue weighted by Crippen LogP contribution is 2.35. The number of amides is 1. The molecule has 0 saturated heterocycles. The van der Waals surface area contributed by atoms with Crippen molar-refractivity contribution in [3.8, 4) is 5.88 Å². The first-order valence-electron chi connectivity index (χ1n) is 7.73. The number of carbonyl (C=O) groups excluding carboxylic acids is 1. The standard InChI is InChI=1S/C17H14Cl2N4O2/c1-25-14-5-4-13(21-22-14)17(24)23-7-6-12-10(8-23)9-2-3-11(18)15(19)16(9)20-12/h2-5,20H,6-8H2,1H3. The van der Waals surface area contributed by atoms with Gasteiger partial charge in [-0.25, -0.2) is 0 Å². The summed E-state index contributed by atoms with van der Waals surface area (Å²) in [6.45, 7) is 1.08. The van der Waals surface area contributed by atoms with E-state index in [0.717, 1.165) is 22.2 Å². The van der Waals surface area contributed by atoms with E-state index in [1.807, 2.05) is 6.07 Å². The number of benzene rings is 1. The van der Waals surface area contributed by atoms with Crippen LogP contribution in [0.25, 0.3) is 10.9 Å². The predicted molar refractivity (Wildman–Crippen MR) is 95.3 cm³/mol. The van der Waals surface area contributed by atoms with Crippen LogP contribution in [-0.4, -0.2) is 39.6 Å². The Kier molecular flexibility index (Phi) is 4.01. The molecule has 128 valence electrons. The number of nitrogens with one attached hydrogen (secondary N) is 1. The van der Waals surface area contributed by atoms with Crippen LogP contribution in [0, 0.1) is 0 Å². The largest absolute Gasteiger partial charge is 0.480 e. The number of H-pyrrole nitrogens is 1. The van der Waals surface area contributed by atoms with Crippen molar-refractivity contribution < 1.29 is 9.53 Å². The van der Waals surface area contributed by atoms with Gasteiger partial charge in [-0.2, -0.15) is 0 Å². The minimum Gasteiger partial charge on any atom is -0.480 e. The molecule has 1 amide bonds. The van der Waals surface area contributed by atoms with Gasteiger partial charge in [-0.3, -0.25) is 4.79 Å². The Morgan fingerprint density at radius 1 is 1.24 bits per heavy atom. The molecule has 2 aromatic heterocycles. The molecule has 0 aliphatic carbocycles. The predicted octanol–water partition coefficient (Wildman–Crippen LogP) is 3.47. The summed E-state index contributed by atoms with van der Waals surface area (Å²) in [5, 5.41) is 9.81. The SMILES string of the molecule is COc1ccc(C(=O)N2CCc3[nH]c4c(Cl)c(Cl)ccc4c3C2)nn1. The lowest BCUT2D eigenvalue weighted by atomic mass is 10.0. The fraction of sp³-hybridized carbons (Fsp3) is 0.235. The molecule has 0 atom stereocenters. The molecule has 6 nitrogen and oxygen atoms in total. The molecule has 0 saturated carbocycles. The number of hydrogen-bond acceptors (Lipinski definition) is 4. The smallest absolute Gasteiger partial charge is 0.274 e. The molecule has 3 aromatic rings. The number of ether oxygens (including phenoxy) is 1. The maximum Gasteiger partial charge on any atom is 0.274 e. The van der Waals surface area contributed by atoms with Gasteiger partial charge in [0.05, 0.1) is 22.7 Å². The van der Waals surface area contributed by atoms with E-state index >= 15 is 0 Å². The third-order valence-corrected chi connectivity index (χ3v) is 5.20. The van der Waals surface area contributed by atoms with Crippen molar-refractivity contribution in [2.75, 3.05) is 13.7 Å². The number of carbonyl (C=O) groups is 1. The van der Waals surface area contributed by atoms with Crippen molar-refractivity contribution in [1.82, 2.24) is 20.1 Å². The molecule has 0 radical (unpaired) electrons. The van der Waals surface area contributed by atoms with Crippen LogP contribution in [0.4, 0.5) is 0 Å². The zero-order chi connectivity index (χ0) is 17.6. The fourth-order valence-corrected chi connectivity index (χ4v) is 3.47. The molecule has 0 unspecified atom stereocenters. The van der Waals surface area contributed by atoms with Crippen molar-refractivity contribution in [1.29, 1.82) is 0 Å². The van der Waals surface area contributed by atoms with Gasteiger partial charge in [0.15, 0.2) is 5.69 Å². The number of fused-ring (bicyclic) bond motifs is 3. The van der Waals surface area contributed by atoms with E-state index in [-0.39, 0.29) is 5.91 Å². The van der Waals surface area contributed by atoms with Crippen molar-refractivity contribution in [3.63, 3.8) is 0 Å². The maximum absolute atomic E-state index is 12.7. The average molecular weight is 377 g/mol. The lowest BCUT2D eigenvalue weighted by molar-refractivity contribution is 0.0727. The Balaban J connectivity index is 1.66. The molecule has 1 N–H and O–H groups in total. The molecule has 25 heavy (non-hydrogen) atoms. The van der Waals surface area contributed by atoms with Gasteiger partial charge in [0.2, 0.25) is 5.88 Å². The zero-order valence-corrected chi connectivity index (χ0v) is 14.9. The van der Waals surface area contributed by atoms with E-state index in [4.69, 9.17) is 27.9 Å². The minimum absolute atomic E-state index is 0.157. The number of halogens is 2. The van der Waals surface area contributed by atoms with Gasteiger partial charge in [0, 0.05) is 42.2 Å². The normalized spacial score (nSPS) is 13.8. The monoisotopic (exact) mass is 376 g/mol. The summed E-state index contributed by atoms with van der Waals surface area (Å²) in [5.74, 6) is 0.218. The Labute approximate surface area is 153 Å². The number of methoxy groups -OCH3 is 1. The summed E-state index contributed by atoms with van der Waals surface area (Å²) in [6, 6.07) is 6.95. The van der Waals surface area contributed by atoms with E-state index in [0.29, 0.717) is 41.1 Å². The van der Waals surface area contributed by atoms with Gasteiger partial charge in [-0.05, 0) is 12.1 Å². The Bertz CT molecular complexity index is 969. The molecule has 3 heterocycles. The quantitative estimate of drug-likeness (QED) is 0.743. The van der Waals surface area contributed by atoms with E-state index in [2.05, 4.69) is 15.2 Å². The second-order valence-electron chi connectivity index (χ2n) is 5.80. The number of aromatic amines is 1. The molecule has 0 spiro atoms. The summed E-state index contributed by atoms with van der Waals surface area (Å²) in [7, 11) is 1.51. The van der Waals surface area contributed by atoms with E-state index < -0.39 is 0 Å². The van der Waals surface area contributed by atoms with Crippen LogP contribution >= 0.6 is 23.2 Å². The van der Waals surface area contributed by atoms with Crippen LogP contribution in [0.15, 0.2) is 24.3 Å². The first-order valence-corrected chi connectivity index (χ1v) is 8.48. The molecule has 8 heteroatoms. The Morgan fingerprint density at radius 2 is 2.08 bits per heavy atom. The van der Waals surface area contributed by atoms with Crippen LogP contribution in [0.2, 0.25) is 10.0 Å². The maximum atomic E-state index is 12.7. The molecular formula is C17H14Cl2N4O2. The topological polar surface area (TPSA) is 71.1 Å². The van der Waals surface area contributed by atoms with E-state index in [1.165, 1.54) is 7.11 Å². The lowest BCUT2D eigenvalue weighted by Gasteiger charge is -2.26. The van der Waals surface area contributed by atoms with Crippen LogP contribution in [0.5, 0.6) is 5.88 Å². The van der Waals surface area contributed by atoms with Crippen LogP contribution in [0.3, 0.4) is 0 Å². The third-order valence-electron chi connectivity index (χ3n) is 4.40. The Hall–Kier alpha value is -2.31. The number of aromatic nitrogens is 3. The van der Waals surface area contributed by atoms with Crippen LogP contribution in [0.1, 0.15) is 21.7 Å². The van der Waals surface area contributed by atoms with Gasteiger partial charge in [-0.1, -0.05) is 29.3 Å². The third kappa shape index (κ3) is 2.71. The minimum atomic E-state index is -0.157. The van der Waals surface area contributed by atoms with Gasteiger partial charge in [-0.15, -0.1) is 10.2 Å². The number of hydrogen-bond donors (Lipinski definition) is 1. The van der Waals surface area contributed by atoms with Crippen molar-refractivity contribution in [3.05, 3.63) is 51.3 Å². The van der Waals surface area contributed by atoms with Gasteiger partial charge in [0.25, 0.3) is 5.91 Å². The highest BCUT2D eigenvalue weighted by molar-refractivity contribution is 6.45. The lowest BCUT2D eigenvalue weighted by Crippen LogP contribution is -2.36. The molecule has 1 aliphatic heterocycles. The second-order valence-corrected chi connectivity index (χ2v) is 6.59. The summed E-state index contributed by atoms with van der Waals surface area (Å²) < 4.78 is 4.97. The zero-order valence-electron chi connectivity index (χ0n) is 13.3. The highest BCUT2D eigenvalue weighted by atomic mass is 35.5. The highest BCUT2D eigenvalue weighted by Gasteiger charge is 2.26. The molecule has 4 rings (SSSR count). The first kappa shape index (κ1) is 16.2. The number of rotatable bonds is 2. The molecular weight excluding hydrogens is 363 g/mol. The Morgan fingerprint density at radius 3 is 2.80 bits per heavy atom. The summed E-state index contributed by atoms with van der Waals surface area (Å²) in [6.07, 6.45) is 0.716. The second kappa shape index (κ2) is 6.20.